The van der Waals surface area contributed by atoms with Crippen LogP contribution in [0.3, 0.4) is 0 Å². The Kier molecular flexibility index (Phi) is 5.93. The van der Waals surface area contributed by atoms with Gasteiger partial charge < -0.3 is 9.47 Å². The van der Waals surface area contributed by atoms with E-state index in [4.69, 9.17) is 14.5 Å². The molecule has 164 valence electrons. The van der Waals surface area contributed by atoms with E-state index in [0.29, 0.717) is 36.1 Å². The molecular formula is C23H23N5O3S. The summed E-state index contributed by atoms with van der Waals surface area (Å²) in [6, 6.07) is 13.3. The van der Waals surface area contributed by atoms with Crippen LogP contribution >= 0.6 is 11.3 Å². The molecule has 32 heavy (non-hydrogen) atoms. The SMILES string of the molecule is COc1ccc2nc(N(CCN3CCOCC3)C(=O)c3cnc4ccccc4n3)sc2c1. The maximum atomic E-state index is 13.6. The summed E-state index contributed by atoms with van der Waals surface area (Å²) in [4.78, 5) is 31.3. The summed E-state index contributed by atoms with van der Waals surface area (Å²) >= 11 is 1.47. The van der Waals surface area contributed by atoms with Crippen molar-refractivity contribution in [2.75, 3.05) is 51.4 Å². The molecule has 9 heteroatoms. The van der Waals surface area contributed by atoms with Crippen molar-refractivity contribution in [3.63, 3.8) is 0 Å². The first-order valence-corrected chi connectivity index (χ1v) is 11.3. The van der Waals surface area contributed by atoms with Gasteiger partial charge in [-0.1, -0.05) is 23.5 Å². The van der Waals surface area contributed by atoms with Crippen LogP contribution < -0.4 is 9.64 Å². The molecule has 2 aromatic carbocycles. The topological polar surface area (TPSA) is 80.7 Å². The number of methoxy groups -OCH3 is 1. The van der Waals surface area contributed by atoms with Crippen molar-refractivity contribution in [1.82, 2.24) is 19.9 Å². The molecule has 0 bridgehead atoms. The van der Waals surface area contributed by atoms with E-state index in [-0.39, 0.29) is 5.91 Å². The number of hydrogen-bond donors (Lipinski definition) is 0. The lowest BCUT2D eigenvalue weighted by Gasteiger charge is -2.29. The van der Waals surface area contributed by atoms with Crippen molar-refractivity contribution in [1.29, 1.82) is 0 Å². The number of morpholine rings is 1. The summed E-state index contributed by atoms with van der Waals surface area (Å²) in [5.41, 5.74) is 2.60. The second-order valence-corrected chi connectivity index (χ2v) is 8.49. The fourth-order valence-electron chi connectivity index (χ4n) is 3.68. The monoisotopic (exact) mass is 449 g/mol. The van der Waals surface area contributed by atoms with Gasteiger partial charge in [0.2, 0.25) is 0 Å². The second-order valence-electron chi connectivity index (χ2n) is 7.48. The van der Waals surface area contributed by atoms with Crippen LogP contribution in [0.5, 0.6) is 5.75 Å². The molecule has 1 aliphatic heterocycles. The zero-order chi connectivity index (χ0) is 21.9. The number of nitrogens with zero attached hydrogens (tertiary/aromatic N) is 5. The molecular weight excluding hydrogens is 426 g/mol. The van der Waals surface area contributed by atoms with E-state index < -0.39 is 0 Å². The lowest BCUT2D eigenvalue weighted by molar-refractivity contribution is 0.0391. The van der Waals surface area contributed by atoms with Crippen LogP contribution in [0.1, 0.15) is 10.5 Å². The highest BCUT2D eigenvalue weighted by Gasteiger charge is 2.24. The van der Waals surface area contributed by atoms with Crippen molar-refractivity contribution in [2.45, 2.75) is 0 Å². The normalized spacial score (nSPS) is 14.7. The van der Waals surface area contributed by atoms with E-state index in [1.807, 2.05) is 42.5 Å². The minimum atomic E-state index is -0.206. The van der Waals surface area contributed by atoms with Crippen LogP contribution in [-0.2, 0) is 4.74 Å². The number of carbonyl (C=O) groups is 1. The van der Waals surface area contributed by atoms with E-state index >= 15 is 0 Å². The minimum absolute atomic E-state index is 0.206. The Morgan fingerprint density at radius 3 is 2.75 bits per heavy atom. The molecule has 3 heterocycles. The van der Waals surface area contributed by atoms with Gasteiger partial charge in [0.1, 0.15) is 11.4 Å². The molecule has 4 aromatic rings. The number of anilines is 1. The smallest absolute Gasteiger partial charge is 0.280 e. The van der Waals surface area contributed by atoms with E-state index in [9.17, 15) is 4.79 Å². The van der Waals surface area contributed by atoms with Gasteiger partial charge in [0.15, 0.2) is 5.13 Å². The number of fused-ring (bicyclic) bond motifs is 2. The fourth-order valence-corrected chi connectivity index (χ4v) is 4.70. The molecule has 1 aliphatic rings. The van der Waals surface area contributed by atoms with Crippen molar-refractivity contribution in [2.24, 2.45) is 0 Å². The molecule has 8 nitrogen and oxygen atoms in total. The average molecular weight is 450 g/mol. The number of aromatic nitrogens is 3. The molecule has 0 N–H and O–H groups in total. The quantitative estimate of drug-likeness (QED) is 0.447. The number of hydrogen-bond acceptors (Lipinski definition) is 8. The van der Waals surface area contributed by atoms with Crippen LogP contribution in [0, 0.1) is 0 Å². The lowest BCUT2D eigenvalue weighted by atomic mass is 10.3. The standard InChI is InChI=1S/C23H23N5O3S/c1-30-16-6-7-19-21(14-16)32-23(26-19)28(9-8-27-10-12-31-13-11-27)22(29)20-15-24-17-4-2-3-5-18(17)25-20/h2-7,14-15H,8-13H2,1H3. The highest BCUT2D eigenvalue weighted by molar-refractivity contribution is 7.22. The number of benzene rings is 2. The number of rotatable bonds is 6. The van der Waals surface area contributed by atoms with Crippen molar-refractivity contribution in [3.8, 4) is 5.75 Å². The van der Waals surface area contributed by atoms with Crippen LogP contribution in [0.25, 0.3) is 21.3 Å². The van der Waals surface area contributed by atoms with E-state index in [1.54, 1.807) is 18.2 Å². The van der Waals surface area contributed by atoms with E-state index in [2.05, 4.69) is 14.9 Å². The van der Waals surface area contributed by atoms with E-state index in [1.165, 1.54) is 11.3 Å². The van der Waals surface area contributed by atoms with Gasteiger partial charge in [-0.05, 0) is 30.3 Å². The van der Waals surface area contributed by atoms with Gasteiger partial charge in [0, 0.05) is 26.2 Å². The van der Waals surface area contributed by atoms with Gasteiger partial charge in [-0.15, -0.1) is 0 Å². The molecule has 0 spiro atoms. The van der Waals surface area contributed by atoms with Crippen LogP contribution in [-0.4, -0.2) is 72.3 Å². The molecule has 1 fully saturated rings. The van der Waals surface area contributed by atoms with Gasteiger partial charge in [0.05, 0.1) is 47.8 Å². The Balaban J connectivity index is 1.48. The summed E-state index contributed by atoms with van der Waals surface area (Å²) in [5.74, 6) is 0.557. The molecule has 0 radical (unpaired) electrons. The summed E-state index contributed by atoms with van der Waals surface area (Å²) in [6.45, 7) is 4.37. The second kappa shape index (κ2) is 9.15. The number of thiazole rings is 1. The van der Waals surface area contributed by atoms with Crippen LogP contribution in [0.4, 0.5) is 5.13 Å². The molecule has 0 saturated carbocycles. The Hall–Kier alpha value is -3.14. The Morgan fingerprint density at radius 1 is 1.12 bits per heavy atom. The van der Waals surface area contributed by atoms with Gasteiger partial charge in [0.25, 0.3) is 5.91 Å². The summed E-state index contributed by atoms with van der Waals surface area (Å²) < 4.78 is 11.8. The van der Waals surface area contributed by atoms with Gasteiger partial charge in [-0.2, -0.15) is 0 Å². The Labute approximate surface area is 189 Å². The predicted molar refractivity (Wildman–Crippen MR) is 125 cm³/mol. The Morgan fingerprint density at radius 2 is 1.94 bits per heavy atom. The average Bonchev–Trinajstić information content (AvgIpc) is 3.27. The van der Waals surface area contributed by atoms with Crippen molar-refractivity contribution < 1.29 is 14.3 Å². The fraction of sp³-hybridized carbons (Fsp3) is 0.304. The zero-order valence-corrected chi connectivity index (χ0v) is 18.5. The summed E-state index contributed by atoms with van der Waals surface area (Å²) in [6.07, 6.45) is 1.54. The third-order valence-corrected chi connectivity index (χ3v) is 6.51. The highest BCUT2D eigenvalue weighted by Crippen LogP contribution is 2.32. The maximum Gasteiger partial charge on any atom is 0.280 e. The first-order chi connectivity index (χ1) is 15.7. The largest absolute Gasteiger partial charge is 0.497 e. The van der Waals surface area contributed by atoms with Crippen LogP contribution in [0.15, 0.2) is 48.7 Å². The van der Waals surface area contributed by atoms with Gasteiger partial charge in [-0.25, -0.2) is 9.97 Å². The first-order valence-electron chi connectivity index (χ1n) is 10.5. The predicted octanol–water partition coefficient (Wildman–Crippen LogP) is 3.23. The summed E-state index contributed by atoms with van der Waals surface area (Å²) in [5, 5.41) is 0.640. The molecule has 0 aliphatic carbocycles. The first kappa shape index (κ1) is 20.7. The number of carbonyl (C=O) groups excluding carboxylic acids is 1. The van der Waals surface area contributed by atoms with Gasteiger partial charge in [-0.3, -0.25) is 19.6 Å². The van der Waals surface area contributed by atoms with Crippen LogP contribution in [0.2, 0.25) is 0 Å². The third kappa shape index (κ3) is 4.27. The van der Waals surface area contributed by atoms with E-state index in [0.717, 1.165) is 41.1 Å². The molecule has 0 atom stereocenters. The molecule has 1 amide bonds. The zero-order valence-electron chi connectivity index (χ0n) is 17.7. The molecule has 5 rings (SSSR count). The Bertz CT molecular complexity index is 1250. The maximum absolute atomic E-state index is 13.6. The molecule has 0 unspecified atom stereocenters. The molecule has 1 saturated heterocycles. The van der Waals surface area contributed by atoms with Crippen molar-refractivity contribution >= 4 is 43.6 Å². The lowest BCUT2D eigenvalue weighted by Crippen LogP contribution is -2.43. The van der Waals surface area contributed by atoms with Gasteiger partial charge >= 0.3 is 0 Å². The highest BCUT2D eigenvalue weighted by atomic mass is 32.1. The number of para-hydroxylation sites is 2. The molecule has 2 aromatic heterocycles. The minimum Gasteiger partial charge on any atom is -0.497 e. The number of amides is 1. The summed E-state index contributed by atoms with van der Waals surface area (Å²) in [7, 11) is 1.64. The third-order valence-electron chi connectivity index (χ3n) is 5.47. The number of ether oxygens (including phenoxy) is 2. The van der Waals surface area contributed by atoms with Crippen molar-refractivity contribution in [3.05, 3.63) is 54.4 Å².